The number of benzene rings is 3. The molecule has 0 atom stereocenters. The van der Waals surface area contributed by atoms with Crippen LogP contribution < -0.4 is 0 Å². The SMILES string of the molecule is Cc1cc(Cl)cc2c(C(=O)OCc3ccc(Cl)c(Cl)c3)cc(-c3ccc(Br)cc3)nc12. The first-order chi connectivity index (χ1) is 14.8. The maximum Gasteiger partial charge on any atom is 0.339 e. The molecule has 3 aromatic carbocycles. The lowest BCUT2D eigenvalue weighted by Gasteiger charge is -2.12. The number of carbonyl (C=O) groups is 1. The minimum Gasteiger partial charge on any atom is -0.457 e. The van der Waals surface area contributed by atoms with Gasteiger partial charge in [0.2, 0.25) is 0 Å². The number of nitrogens with zero attached hydrogens (tertiary/aromatic N) is 1. The molecule has 0 aliphatic heterocycles. The van der Waals surface area contributed by atoms with Gasteiger partial charge in [-0.2, -0.15) is 0 Å². The summed E-state index contributed by atoms with van der Waals surface area (Å²) >= 11 is 21.7. The third-order valence-corrected chi connectivity index (χ3v) is 6.27. The van der Waals surface area contributed by atoms with Crippen LogP contribution >= 0.6 is 50.7 Å². The summed E-state index contributed by atoms with van der Waals surface area (Å²) in [5, 5.41) is 2.03. The van der Waals surface area contributed by atoms with Gasteiger partial charge in [-0.1, -0.05) is 68.9 Å². The van der Waals surface area contributed by atoms with Crippen molar-refractivity contribution < 1.29 is 9.53 Å². The van der Waals surface area contributed by atoms with E-state index >= 15 is 0 Å². The van der Waals surface area contributed by atoms with E-state index in [4.69, 9.17) is 44.5 Å². The van der Waals surface area contributed by atoms with E-state index < -0.39 is 5.97 Å². The Morgan fingerprint density at radius 2 is 1.71 bits per heavy atom. The summed E-state index contributed by atoms with van der Waals surface area (Å²) in [5.74, 6) is -0.474. The highest BCUT2D eigenvalue weighted by Gasteiger charge is 2.17. The van der Waals surface area contributed by atoms with E-state index in [1.165, 1.54) is 0 Å². The molecule has 4 rings (SSSR count). The highest BCUT2D eigenvalue weighted by atomic mass is 79.9. The van der Waals surface area contributed by atoms with Gasteiger partial charge in [-0.25, -0.2) is 9.78 Å². The Morgan fingerprint density at radius 3 is 2.42 bits per heavy atom. The van der Waals surface area contributed by atoms with E-state index in [-0.39, 0.29) is 6.61 Å². The highest BCUT2D eigenvalue weighted by Crippen LogP contribution is 2.31. The first-order valence-electron chi connectivity index (χ1n) is 9.30. The number of aryl methyl sites for hydroxylation is 1. The lowest BCUT2D eigenvalue weighted by Crippen LogP contribution is -2.07. The van der Waals surface area contributed by atoms with E-state index in [1.807, 2.05) is 37.3 Å². The molecule has 0 bridgehead atoms. The van der Waals surface area contributed by atoms with Crippen LogP contribution in [0.1, 0.15) is 21.5 Å². The predicted octanol–water partition coefficient (Wildman–Crippen LogP) is 8.29. The van der Waals surface area contributed by atoms with Crippen molar-refractivity contribution in [3.63, 3.8) is 0 Å². The lowest BCUT2D eigenvalue weighted by atomic mass is 10.0. The first kappa shape index (κ1) is 22.1. The average Bonchev–Trinajstić information content (AvgIpc) is 2.74. The van der Waals surface area contributed by atoms with Crippen LogP contribution in [-0.2, 0) is 11.3 Å². The fraction of sp³-hybridized carbons (Fsp3) is 0.0833. The number of carbonyl (C=O) groups excluding carboxylic acids is 1. The fourth-order valence-electron chi connectivity index (χ4n) is 3.25. The zero-order chi connectivity index (χ0) is 22.1. The molecule has 0 aliphatic carbocycles. The standard InChI is InChI=1S/C24H15BrCl3NO2/c1-13-8-17(26)10-18-19(24(30)31-12-14-2-7-20(27)21(28)9-14)11-22(29-23(13)18)15-3-5-16(25)6-4-15/h2-11H,12H2,1H3. The Hall–Kier alpha value is -2.11. The Kier molecular flexibility index (Phi) is 6.54. The van der Waals surface area contributed by atoms with Crippen LogP contribution in [0.5, 0.6) is 0 Å². The third-order valence-electron chi connectivity index (χ3n) is 4.78. The minimum atomic E-state index is -0.474. The maximum absolute atomic E-state index is 13.1. The molecule has 0 aliphatic rings. The molecule has 1 aromatic heterocycles. The van der Waals surface area contributed by atoms with Crippen molar-refractivity contribution in [3.8, 4) is 11.3 Å². The monoisotopic (exact) mass is 533 g/mol. The van der Waals surface area contributed by atoms with Gasteiger partial charge in [0.1, 0.15) is 6.61 Å². The summed E-state index contributed by atoms with van der Waals surface area (Å²) in [6.45, 7) is 1.98. The Morgan fingerprint density at radius 1 is 0.968 bits per heavy atom. The molecule has 156 valence electrons. The molecule has 4 aromatic rings. The quantitative estimate of drug-likeness (QED) is 0.247. The van der Waals surface area contributed by atoms with E-state index in [1.54, 1.807) is 30.3 Å². The Labute approximate surface area is 203 Å². The van der Waals surface area contributed by atoms with Crippen molar-refractivity contribution >= 4 is 67.6 Å². The number of hydrogen-bond donors (Lipinski definition) is 0. The normalized spacial score (nSPS) is 11.0. The van der Waals surface area contributed by atoms with Crippen LogP contribution in [0.2, 0.25) is 15.1 Å². The zero-order valence-electron chi connectivity index (χ0n) is 16.3. The average molecular weight is 536 g/mol. The molecule has 31 heavy (non-hydrogen) atoms. The molecule has 0 amide bonds. The second-order valence-electron chi connectivity index (χ2n) is 7.01. The summed E-state index contributed by atoms with van der Waals surface area (Å²) in [6.07, 6.45) is 0. The molecule has 1 heterocycles. The molecule has 0 unspecified atom stereocenters. The number of halogens is 4. The van der Waals surface area contributed by atoms with E-state index in [0.29, 0.717) is 37.2 Å². The van der Waals surface area contributed by atoms with Gasteiger partial charge in [-0.15, -0.1) is 0 Å². The zero-order valence-corrected chi connectivity index (χ0v) is 20.1. The number of ether oxygens (including phenoxy) is 1. The van der Waals surface area contributed by atoms with Gasteiger partial charge in [-0.05, 0) is 60.5 Å². The number of pyridine rings is 1. The fourth-order valence-corrected chi connectivity index (χ4v) is 4.11. The second kappa shape index (κ2) is 9.17. The van der Waals surface area contributed by atoms with Crippen molar-refractivity contribution in [1.29, 1.82) is 0 Å². The molecular formula is C24H15BrCl3NO2. The van der Waals surface area contributed by atoms with E-state index in [9.17, 15) is 4.79 Å². The number of fused-ring (bicyclic) bond motifs is 1. The van der Waals surface area contributed by atoms with Crippen molar-refractivity contribution in [2.75, 3.05) is 0 Å². The lowest BCUT2D eigenvalue weighted by molar-refractivity contribution is 0.0475. The van der Waals surface area contributed by atoms with Crippen LogP contribution in [0.4, 0.5) is 0 Å². The van der Waals surface area contributed by atoms with Crippen molar-refractivity contribution in [3.05, 3.63) is 96.9 Å². The van der Waals surface area contributed by atoms with Gasteiger partial charge < -0.3 is 4.74 Å². The largest absolute Gasteiger partial charge is 0.457 e. The van der Waals surface area contributed by atoms with Crippen LogP contribution in [0, 0.1) is 6.92 Å². The summed E-state index contributed by atoms with van der Waals surface area (Å²) in [7, 11) is 0. The molecule has 0 spiro atoms. The molecule has 0 N–H and O–H groups in total. The number of aromatic nitrogens is 1. The smallest absolute Gasteiger partial charge is 0.339 e. The molecular weight excluding hydrogens is 521 g/mol. The summed E-state index contributed by atoms with van der Waals surface area (Å²) < 4.78 is 6.55. The van der Waals surface area contributed by atoms with Crippen LogP contribution in [0.3, 0.4) is 0 Å². The molecule has 0 fully saturated rings. The highest BCUT2D eigenvalue weighted by molar-refractivity contribution is 9.10. The molecule has 0 radical (unpaired) electrons. The summed E-state index contributed by atoms with van der Waals surface area (Å²) in [5.41, 5.74) is 4.27. The Balaban J connectivity index is 1.76. The maximum atomic E-state index is 13.1. The van der Waals surface area contributed by atoms with E-state index in [2.05, 4.69) is 15.9 Å². The molecule has 0 saturated heterocycles. The summed E-state index contributed by atoms with van der Waals surface area (Å²) in [6, 6.07) is 18.1. The number of rotatable bonds is 4. The number of esters is 1. The molecule has 3 nitrogen and oxygen atoms in total. The van der Waals surface area contributed by atoms with Crippen LogP contribution in [0.15, 0.2) is 65.1 Å². The van der Waals surface area contributed by atoms with Gasteiger partial charge in [0, 0.05) is 20.4 Å². The van der Waals surface area contributed by atoms with Gasteiger partial charge >= 0.3 is 5.97 Å². The van der Waals surface area contributed by atoms with Crippen molar-refractivity contribution in [2.24, 2.45) is 0 Å². The topological polar surface area (TPSA) is 39.2 Å². The first-order valence-corrected chi connectivity index (χ1v) is 11.2. The number of hydrogen-bond acceptors (Lipinski definition) is 3. The van der Waals surface area contributed by atoms with E-state index in [0.717, 1.165) is 21.2 Å². The second-order valence-corrected chi connectivity index (χ2v) is 9.17. The Bertz CT molecular complexity index is 1310. The predicted molar refractivity (Wildman–Crippen MR) is 130 cm³/mol. The van der Waals surface area contributed by atoms with Gasteiger partial charge in [-0.3, -0.25) is 0 Å². The minimum absolute atomic E-state index is 0.0622. The van der Waals surface area contributed by atoms with Crippen LogP contribution in [0.25, 0.3) is 22.2 Å². The van der Waals surface area contributed by atoms with Gasteiger partial charge in [0.25, 0.3) is 0 Å². The summed E-state index contributed by atoms with van der Waals surface area (Å²) in [4.78, 5) is 17.9. The third kappa shape index (κ3) is 4.88. The van der Waals surface area contributed by atoms with Gasteiger partial charge in [0.05, 0.1) is 26.8 Å². The molecule has 7 heteroatoms. The van der Waals surface area contributed by atoms with Crippen molar-refractivity contribution in [1.82, 2.24) is 4.98 Å². The van der Waals surface area contributed by atoms with Crippen LogP contribution in [-0.4, -0.2) is 11.0 Å². The molecule has 0 saturated carbocycles. The van der Waals surface area contributed by atoms with Crippen molar-refractivity contribution in [2.45, 2.75) is 13.5 Å². The van der Waals surface area contributed by atoms with Gasteiger partial charge in [0.15, 0.2) is 0 Å².